The molecule has 1 saturated heterocycles. The minimum Gasteiger partial charge on any atom is -0.340 e. The number of benzene rings is 1. The molecule has 0 aromatic heterocycles. The Morgan fingerprint density at radius 1 is 1.15 bits per heavy atom. The van der Waals surface area contributed by atoms with Gasteiger partial charge in [-0.05, 0) is 26.1 Å². The molecule has 0 aliphatic carbocycles. The van der Waals surface area contributed by atoms with Gasteiger partial charge < -0.3 is 9.80 Å². The number of likely N-dealkylation sites (N-methyl/N-ethyl adjacent to an activating group) is 2. The number of rotatable bonds is 4. The van der Waals surface area contributed by atoms with E-state index in [-0.39, 0.29) is 5.91 Å². The van der Waals surface area contributed by atoms with E-state index in [0.717, 1.165) is 44.8 Å². The van der Waals surface area contributed by atoms with E-state index in [1.54, 1.807) is 0 Å². The highest BCUT2D eigenvalue weighted by atomic mass is 16.2. The molecule has 1 aliphatic rings. The van der Waals surface area contributed by atoms with Crippen molar-refractivity contribution in [3.63, 3.8) is 0 Å². The normalized spacial score (nSPS) is 17.1. The maximum Gasteiger partial charge on any atom is 0.253 e. The molecule has 0 N–H and O–H groups in total. The zero-order valence-corrected chi connectivity index (χ0v) is 12.8. The van der Waals surface area contributed by atoms with Crippen LogP contribution in [0.4, 0.5) is 0 Å². The van der Waals surface area contributed by atoms with E-state index in [0.29, 0.717) is 0 Å². The Kier molecular flexibility index (Phi) is 5.15. The van der Waals surface area contributed by atoms with Gasteiger partial charge in [-0.25, -0.2) is 0 Å². The SMILES string of the molecule is Cc1ccc(C(=O)N(C)CCN2CCN(C)CC2)cc1. The molecule has 0 spiro atoms. The highest BCUT2D eigenvalue weighted by molar-refractivity contribution is 5.94. The summed E-state index contributed by atoms with van der Waals surface area (Å²) in [5.41, 5.74) is 1.96. The number of carbonyl (C=O) groups excluding carboxylic acids is 1. The molecule has 0 radical (unpaired) electrons. The maximum atomic E-state index is 12.3. The van der Waals surface area contributed by atoms with Crippen LogP contribution in [-0.2, 0) is 0 Å². The van der Waals surface area contributed by atoms with Gasteiger partial charge in [0.25, 0.3) is 5.91 Å². The lowest BCUT2D eigenvalue weighted by molar-refractivity contribution is 0.0760. The third-order valence-electron chi connectivity index (χ3n) is 3.99. The maximum absolute atomic E-state index is 12.3. The number of hydrogen-bond acceptors (Lipinski definition) is 3. The Hall–Kier alpha value is -1.39. The summed E-state index contributed by atoms with van der Waals surface area (Å²) in [6, 6.07) is 7.79. The van der Waals surface area contributed by atoms with Crippen molar-refractivity contribution in [1.29, 1.82) is 0 Å². The molecule has 1 aromatic carbocycles. The summed E-state index contributed by atoms with van der Waals surface area (Å²) in [4.78, 5) is 18.9. The smallest absolute Gasteiger partial charge is 0.253 e. The fourth-order valence-electron chi connectivity index (χ4n) is 2.38. The van der Waals surface area contributed by atoms with Crippen LogP contribution in [0.1, 0.15) is 15.9 Å². The lowest BCUT2D eigenvalue weighted by Crippen LogP contribution is -2.47. The second-order valence-corrected chi connectivity index (χ2v) is 5.74. The van der Waals surface area contributed by atoms with Crippen molar-refractivity contribution in [2.45, 2.75) is 6.92 Å². The van der Waals surface area contributed by atoms with Crippen LogP contribution in [0, 0.1) is 6.92 Å². The molecule has 0 atom stereocenters. The first kappa shape index (κ1) is 15.0. The monoisotopic (exact) mass is 275 g/mol. The minimum absolute atomic E-state index is 0.110. The summed E-state index contributed by atoms with van der Waals surface area (Å²) in [6.45, 7) is 8.22. The van der Waals surface area contributed by atoms with Gasteiger partial charge in [0.15, 0.2) is 0 Å². The summed E-state index contributed by atoms with van der Waals surface area (Å²) in [6.07, 6.45) is 0. The van der Waals surface area contributed by atoms with Crippen LogP contribution in [-0.4, -0.2) is 74.0 Å². The Morgan fingerprint density at radius 2 is 1.75 bits per heavy atom. The van der Waals surface area contributed by atoms with Gasteiger partial charge in [0.05, 0.1) is 0 Å². The molecule has 20 heavy (non-hydrogen) atoms. The van der Waals surface area contributed by atoms with Crippen molar-refractivity contribution >= 4 is 5.91 Å². The van der Waals surface area contributed by atoms with Crippen LogP contribution in [0.2, 0.25) is 0 Å². The van der Waals surface area contributed by atoms with Crippen LogP contribution in [0.3, 0.4) is 0 Å². The molecule has 1 aliphatic heterocycles. The first-order chi connectivity index (χ1) is 9.56. The van der Waals surface area contributed by atoms with E-state index in [1.807, 2.05) is 43.1 Å². The molecule has 0 saturated carbocycles. The van der Waals surface area contributed by atoms with E-state index in [9.17, 15) is 4.79 Å². The highest BCUT2D eigenvalue weighted by Gasteiger charge is 2.16. The fourth-order valence-corrected chi connectivity index (χ4v) is 2.38. The van der Waals surface area contributed by atoms with Crippen molar-refractivity contribution in [1.82, 2.24) is 14.7 Å². The number of piperazine rings is 1. The highest BCUT2D eigenvalue weighted by Crippen LogP contribution is 2.06. The second-order valence-electron chi connectivity index (χ2n) is 5.74. The largest absolute Gasteiger partial charge is 0.340 e. The molecule has 4 nitrogen and oxygen atoms in total. The van der Waals surface area contributed by atoms with E-state index in [4.69, 9.17) is 0 Å². The summed E-state index contributed by atoms with van der Waals surface area (Å²) in [7, 11) is 4.04. The molecular formula is C16H25N3O. The van der Waals surface area contributed by atoms with Crippen molar-refractivity contribution < 1.29 is 4.79 Å². The van der Waals surface area contributed by atoms with Crippen LogP contribution in [0.5, 0.6) is 0 Å². The van der Waals surface area contributed by atoms with Crippen molar-refractivity contribution in [2.75, 3.05) is 53.4 Å². The van der Waals surface area contributed by atoms with Crippen LogP contribution in [0.25, 0.3) is 0 Å². The minimum atomic E-state index is 0.110. The summed E-state index contributed by atoms with van der Waals surface area (Å²) >= 11 is 0. The first-order valence-corrected chi connectivity index (χ1v) is 7.29. The van der Waals surface area contributed by atoms with Gasteiger partial charge in [0.2, 0.25) is 0 Å². The first-order valence-electron chi connectivity index (χ1n) is 7.29. The zero-order valence-electron chi connectivity index (χ0n) is 12.8. The van der Waals surface area contributed by atoms with Crippen LogP contribution < -0.4 is 0 Å². The van der Waals surface area contributed by atoms with Crippen LogP contribution >= 0.6 is 0 Å². The number of hydrogen-bond donors (Lipinski definition) is 0. The Bertz CT molecular complexity index is 436. The molecule has 1 aromatic rings. The molecule has 1 fully saturated rings. The topological polar surface area (TPSA) is 26.8 Å². The number of carbonyl (C=O) groups is 1. The molecule has 0 unspecified atom stereocenters. The summed E-state index contributed by atoms with van der Waals surface area (Å²) in [5, 5.41) is 0. The third-order valence-corrected chi connectivity index (χ3v) is 3.99. The Balaban J connectivity index is 1.80. The van der Waals surface area contributed by atoms with Crippen LogP contribution in [0.15, 0.2) is 24.3 Å². The zero-order chi connectivity index (χ0) is 14.5. The standard InChI is InChI=1S/C16H25N3O/c1-14-4-6-15(7-5-14)16(20)18(3)10-13-19-11-8-17(2)9-12-19/h4-7H,8-13H2,1-3H3. The average molecular weight is 275 g/mol. The van der Waals surface area contributed by atoms with Gasteiger partial charge in [-0.1, -0.05) is 17.7 Å². The van der Waals surface area contributed by atoms with E-state index in [2.05, 4.69) is 16.8 Å². The molecule has 4 heteroatoms. The lowest BCUT2D eigenvalue weighted by Gasteiger charge is -2.33. The number of aryl methyl sites for hydroxylation is 1. The van der Waals surface area contributed by atoms with E-state index < -0.39 is 0 Å². The predicted molar refractivity (Wildman–Crippen MR) is 82.1 cm³/mol. The summed E-state index contributed by atoms with van der Waals surface area (Å²) < 4.78 is 0. The molecule has 110 valence electrons. The molecule has 0 bridgehead atoms. The molecular weight excluding hydrogens is 250 g/mol. The molecule has 1 amide bonds. The van der Waals surface area contributed by atoms with Crippen molar-refractivity contribution in [2.24, 2.45) is 0 Å². The lowest BCUT2D eigenvalue weighted by atomic mass is 10.1. The van der Waals surface area contributed by atoms with Gasteiger partial charge >= 0.3 is 0 Å². The Morgan fingerprint density at radius 3 is 2.35 bits per heavy atom. The fraction of sp³-hybridized carbons (Fsp3) is 0.562. The third kappa shape index (κ3) is 4.05. The second kappa shape index (κ2) is 6.86. The van der Waals surface area contributed by atoms with Crippen molar-refractivity contribution in [3.05, 3.63) is 35.4 Å². The van der Waals surface area contributed by atoms with Crippen molar-refractivity contribution in [3.8, 4) is 0 Å². The van der Waals surface area contributed by atoms with Gasteiger partial charge in [0.1, 0.15) is 0 Å². The van der Waals surface area contributed by atoms with Gasteiger partial charge in [-0.3, -0.25) is 9.69 Å². The average Bonchev–Trinajstić information content (AvgIpc) is 2.46. The van der Waals surface area contributed by atoms with E-state index >= 15 is 0 Å². The predicted octanol–water partition coefficient (Wildman–Crippen LogP) is 1.31. The molecule has 1 heterocycles. The summed E-state index contributed by atoms with van der Waals surface area (Å²) in [5.74, 6) is 0.110. The van der Waals surface area contributed by atoms with E-state index in [1.165, 1.54) is 5.56 Å². The Labute approximate surface area is 122 Å². The van der Waals surface area contributed by atoms with Gasteiger partial charge in [0, 0.05) is 51.9 Å². The van der Waals surface area contributed by atoms with Gasteiger partial charge in [-0.15, -0.1) is 0 Å². The van der Waals surface area contributed by atoms with Gasteiger partial charge in [-0.2, -0.15) is 0 Å². The molecule has 2 rings (SSSR count). The number of nitrogens with zero attached hydrogens (tertiary/aromatic N) is 3. The quantitative estimate of drug-likeness (QED) is 0.829. The number of amides is 1.